The molecule has 20 heavy (non-hydrogen) atoms. The van der Waals surface area contributed by atoms with Gasteiger partial charge in [-0.3, -0.25) is 4.79 Å². The number of benzene rings is 1. The van der Waals surface area contributed by atoms with Crippen molar-refractivity contribution >= 4 is 22.8 Å². The average molecular weight is 271 g/mol. The molecule has 0 aliphatic heterocycles. The van der Waals surface area contributed by atoms with E-state index in [0.717, 1.165) is 10.9 Å². The van der Waals surface area contributed by atoms with Crippen LogP contribution >= 0.6 is 0 Å². The molecular formula is C14H13N3O3. The van der Waals surface area contributed by atoms with Crippen LogP contribution in [0.15, 0.2) is 30.5 Å². The van der Waals surface area contributed by atoms with Gasteiger partial charge in [0.25, 0.3) is 0 Å². The molecule has 2 aromatic rings. The summed E-state index contributed by atoms with van der Waals surface area (Å²) in [4.78, 5) is 22.1. The van der Waals surface area contributed by atoms with Crippen LogP contribution in [0.25, 0.3) is 10.9 Å². The summed E-state index contributed by atoms with van der Waals surface area (Å²) in [7, 11) is 0. The Balaban J connectivity index is 2.31. The fourth-order valence-electron chi connectivity index (χ4n) is 2.06. The van der Waals surface area contributed by atoms with Crippen LogP contribution in [0.2, 0.25) is 0 Å². The molecule has 6 heteroatoms. The number of aromatic nitrogens is 1. The molecule has 1 amide bonds. The van der Waals surface area contributed by atoms with Crippen LogP contribution < -0.4 is 5.32 Å². The zero-order valence-corrected chi connectivity index (χ0v) is 10.8. The first kappa shape index (κ1) is 13.6. The quantitative estimate of drug-likeness (QED) is 0.870. The normalized spacial score (nSPS) is 11.8. The molecule has 2 rings (SSSR count). The van der Waals surface area contributed by atoms with Crippen LogP contribution in [-0.4, -0.2) is 27.6 Å². The Morgan fingerprint density at radius 3 is 2.80 bits per heavy atom. The van der Waals surface area contributed by atoms with Gasteiger partial charge in [0.1, 0.15) is 6.04 Å². The van der Waals surface area contributed by atoms with E-state index in [9.17, 15) is 9.59 Å². The summed E-state index contributed by atoms with van der Waals surface area (Å²) in [5.74, 6) is -1.48. The van der Waals surface area contributed by atoms with Crippen LogP contribution in [0.4, 0.5) is 0 Å². The zero-order valence-electron chi connectivity index (χ0n) is 10.8. The number of rotatable bonds is 4. The lowest BCUT2D eigenvalue weighted by Crippen LogP contribution is -2.42. The summed E-state index contributed by atoms with van der Waals surface area (Å²) in [5.41, 5.74) is 1.37. The van der Waals surface area contributed by atoms with Gasteiger partial charge in [-0.25, -0.2) is 4.79 Å². The number of carboxylic acid groups (broad SMARTS) is 1. The second-order valence-corrected chi connectivity index (χ2v) is 4.44. The second-order valence-electron chi connectivity index (χ2n) is 4.44. The molecular weight excluding hydrogens is 258 g/mol. The number of nitrogens with one attached hydrogen (secondary N) is 1. The summed E-state index contributed by atoms with van der Waals surface area (Å²) in [6.07, 6.45) is 1.74. The zero-order chi connectivity index (χ0) is 14.7. The average Bonchev–Trinajstić information content (AvgIpc) is 2.79. The predicted octanol–water partition coefficient (Wildman–Crippen LogP) is 1.10. The summed E-state index contributed by atoms with van der Waals surface area (Å²) in [6.45, 7) is 1.41. The third-order valence-corrected chi connectivity index (χ3v) is 2.95. The van der Waals surface area contributed by atoms with Gasteiger partial charge in [0.15, 0.2) is 0 Å². The van der Waals surface area contributed by atoms with Gasteiger partial charge in [0, 0.05) is 24.0 Å². The molecule has 1 heterocycles. The molecule has 0 spiro atoms. The lowest BCUT2D eigenvalue weighted by atomic mass is 10.2. The molecule has 1 atom stereocenters. The highest BCUT2D eigenvalue weighted by Gasteiger charge is 2.19. The maximum absolute atomic E-state index is 11.1. The number of nitrogens with zero attached hydrogens (tertiary/aromatic N) is 2. The molecule has 0 fully saturated rings. The molecule has 0 radical (unpaired) electrons. The predicted molar refractivity (Wildman–Crippen MR) is 71.9 cm³/mol. The second kappa shape index (κ2) is 5.45. The van der Waals surface area contributed by atoms with E-state index in [1.54, 1.807) is 29.0 Å². The van der Waals surface area contributed by atoms with Crippen molar-refractivity contribution in [1.29, 1.82) is 5.26 Å². The molecule has 0 aliphatic carbocycles. The molecule has 6 nitrogen and oxygen atoms in total. The van der Waals surface area contributed by atoms with E-state index in [1.807, 2.05) is 6.07 Å². The van der Waals surface area contributed by atoms with E-state index in [2.05, 4.69) is 11.4 Å². The summed E-state index contributed by atoms with van der Waals surface area (Å²) in [6, 6.07) is 8.05. The van der Waals surface area contributed by atoms with E-state index >= 15 is 0 Å². The highest BCUT2D eigenvalue weighted by atomic mass is 16.4. The number of carboxylic acids is 1. The number of hydrogen-bond donors (Lipinski definition) is 2. The Morgan fingerprint density at radius 2 is 2.20 bits per heavy atom. The lowest BCUT2D eigenvalue weighted by molar-refractivity contribution is -0.141. The standard InChI is InChI=1S/C14H13N3O3/c1-9(18)16-12(14(19)20)8-17-5-4-11-6-10(7-15)2-3-13(11)17/h2-6,12H,8H2,1H3,(H,16,18)(H,19,20). The van der Waals surface area contributed by atoms with Crippen molar-refractivity contribution in [3.63, 3.8) is 0 Å². The number of carbonyl (C=O) groups is 2. The molecule has 102 valence electrons. The fourth-order valence-corrected chi connectivity index (χ4v) is 2.06. The Hall–Kier alpha value is -2.81. The minimum absolute atomic E-state index is 0.129. The van der Waals surface area contributed by atoms with Crippen LogP contribution in [0, 0.1) is 11.3 Å². The lowest BCUT2D eigenvalue weighted by Gasteiger charge is -2.15. The number of aliphatic carboxylic acids is 1. The maximum atomic E-state index is 11.1. The number of fused-ring (bicyclic) bond motifs is 1. The van der Waals surface area contributed by atoms with Crippen molar-refractivity contribution in [2.24, 2.45) is 0 Å². The van der Waals surface area contributed by atoms with E-state index in [4.69, 9.17) is 10.4 Å². The first-order valence-electron chi connectivity index (χ1n) is 6.00. The largest absolute Gasteiger partial charge is 0.480 e. The summed E-state index contributed by atoms with van der Waals surface area (Å²) >= 11 is 0. The van der Waals surface area contributed by atoms with Crippen molar-refractivity contribution in [2.45, 2.75) is 19.5 Å². The summed E-state index contributed by atoms with van der Waals surface area (Å²) < 4.78 is 1.74. The number of hydrogen-bond acceptors (Lipinski definition) is 3. The molecule has 2 N–H and O–H groups in total. The topological polar surface area (TPSA) is 95.1 Å². The third-order valence-electron chi connectivity index (χ3n) is 2.95. The number of nitriles is 1. The van der Waals surface area contributed by atoms with E-state index < -0.39 is 12.0 Å². The minimum atomic E-state index is -1.09. The smallest absolute Gasteiger partial charge is 0.328 e. The molecule has 0 aliphatic rings. The Bertz CT molecular complexity index is 712. The fraction of sp³-hybridized carbons (Fsp3) is 0.214. The Morgan fingerprint density at radius 1 is 1.45 bits per heavy atom. The number of carbonyl (C=O) groups excluding carboxylic acids is 1. The van der Waals surface area contributed by atoms with Crippen molar-refractivity contribution < 1.29 is 14.7 Å². The van der Waals surface area contributed by atoms with Gasteiger partial charge < -0.3 is 15.0 Å². The van der Waals surface area contributed by atoms with Gasteiger partial charge in [0.05, 0.1) is 18.2 Å². The first-order chi connectivity index (χ1) is 9.51. The van der Waals surface area contributed by atoms with Gasteiger partial charge in [-0.2, -0.15) is 5.26 Å². The van der Waals surface area contributed by atoms with Gasteiger partial charge in [-0.1, -0.05) is 0 Å². The highest BCUT2D eigenvalue weighted by Crippen LogP contribution is 2.17. The molecule has 0 saturated heterocycles. The van der Waals surface area contributed by atoms with Crippen molar-refractivity contribution in [2.75, 3.05) is 0 Å². The van der Waals surface area contributed by atoms with Crippen molar-refractivity contribution in [3.8, 4) is 6.07 Å². The Labute approximate surface area is 115 Å². The molecule has 1 unspecified atom stereocenters. The SMILES string of the molecule is CC(=O)NC(Cn1ccc2cc(C#N)ccc21)C(=O)O. The molecule has 0 saturated carbocycles. The van der Waals surface area contributed by atoms with Gasteiger partial charge >= 0.3 is 5.97 Å². The van der Waals surface area contributed by atoms with Gasteiger partial charge in [-0.05, 0) is 24.3 Å². The van der Waals surface area contributed by atoms with Crippen molar-refractivity contribution in [1.82, 2.24) is 9.88 Å². The molecule has 0 bridgehead atoms. The first-order valence-corrected chi connectivity index (χ1v) is 6.00. The Kier molecular flexibility index (Phi) is 3.71. The van der Waals surface area contributed by atoms with E-state index in [1.165, 1.54) is 6.92 Å². The van der Waals surface area contributed by atoms with E-state index in [-0.39, 0.29) is 12.5 Å². The molecule has 1 aromatic carbocycles. The van der Waals surface area contributed by atoms with Crippen LogP contribution in [0.3, 0.4) is 0 Å². The third kappa shape index (κ3) is 2.78. The highest BCUT2D eigenvalue weighted by molar-refractivity contribution is 5.84. The maximum Gasteiger partial charge on any atom is 0.328 e. The minimum Gasteiger partial charge on any atom is -0.480 e. The monoisotopic (exact) mass is 271 g/mol. The van der Waals surface area contributed by atoms with E-state index in [0.29, 0.717) is 5.56 Å². The molecule has 1 aromatic heterocycles. The van der Waals surface area contributed by atoms with Gasteiger partial charge in [-0.15, -0.1) is 0 Å². The number of amides is 1. The van der Waals surface area contributed by atoms with Gasteiger partial charge in [0.2, 0.25) is 5.91 Å². The van der Waals surface area contributed by atoms with Crippen molar-refractivity contribution in [3.05, 3.63) is 36.0 Å². The van der Waals surface area contributed by atoms with Crippen LogP contribution in [0.1, 0.15) is 12.5 Å². The van der Waals surface area contributed by atoms with Crippen LogP contribution in [-0.2, 0) is 16.1 Å². The van der Waals surface area contributed by atoms with Crippen LogP contribution in [0.5, 0.6) is 0 Å². The summed E-state index contributed by atoms with van der Waals surface area (Å²) in [5, 5.41) is 21.2.